The minimum absolute atomic E-state index is 0.00950. The Balaban J connectivity index is 2.18. The molecule has 1 fully saturated rings. The maximum Gasteiger partial charge on any atom is 0.303 e. The van der Waals surface area contributed by atoms with Gasteiger partial charge < -0.3 is 15.7 Å². The number of hydrogen-bond acceptors (Lipinski definition) is 3. The number of hydrogen-bond donors (Lipinski definition) is 3. The lowest BCUT2D eigenvalue weighted by Crippen LogP contribution is -2.42. The molecule has 1 amide bonds. The first-order valence-electron chi connectivity index (χ1n) is 5.32. The van der Waals surface area contributed by atoms with E-state index in [0.717, 1.165) is 19.4 Å². The number of carboxylic acids is 1. The minimum atomic E-state index is -0.823. The van der Waals surface area contributed by atoms with Crippen LogP contribution in [0.4, 0.5) is 0 Å². The Morgan fingerprint density at radius 3 is 2.87 bits per heavy atom. The van der Waals surface area contributed by atoms with Crippen LogP contribution in [0.2, 0.25) is 0 Å². The van der Waals surface area contributed by atoms with Crippen molar-refractivity contribution in [3.8, 4) is 0 Å². The van der Waals surface area contributed by atoms with E-state index in [9.17, 15) is 9.59 Å². The average Bonchev–Trinajstić information content (AvgIpc) is 2.65. The van der Waals surface area contributed by atoms with Crippen molar-refractivity contribution in [2.75, 3.05) is 13.1 Å². The molecule has 0 saturated carbocycles. The number of carbonyl (C=O) groups excluding carboxylic acids is 1. The molecule has 5 heteroatoms. The maximum absolute atomic E-state index is 11.5. The molecule has 0 radical (unpaired) electrons. The van der Waals surface area contributed by atoms with Crippen LogP contribution in [0.5, 0.6) is 0 Å². The van der Waals surface area contributed by atoms with Gasteiger partial charge in [-0.05, 0) is 25.3 Å². The standard InChI is InChI=1S/C10H18N2O3/c1-7(5-9(13)14)6-12-10(15)8-3-2-4-11-8/h7-8,11H,2-6H2,1H3,(H,12,15)(H,13,14). The Kier molecular flexibility index (Phi) is 4.55. The Bertz CT molecular complexity index is 237. The zero-order valence-corrected chi connectivity index (χ0v) is 8.95. The van der Waals surface area contributed by atoms with Gasteiger partial charge in [0.15, 0.2) is 0 Å². The van der Waals surface area contributed by atoms with Gasteiger partial charge in [0, 0.05) is 13.0 Å². The van der Waals surface area contributed by atoms with E-state index in [2.05, 4.69) is 10.6 Å². The second kappa shape index (κ2) is 5.70. The predicted octanol–water partition coefficient (Wildman–Crippen LogP) is -0.0346. The van der Waals surface area contributed by atoms with Crippen molar-refractivity contribution in [1.29, 1.82) is 0 Å². The highest BCUT2D eigenvalue weighted by molar-refractivity contribution is 5.82. The topological polar surface area (TPSA) is 78.4 Å². The molecule has 1 saturated heterocycles. The van der Waals surface area contributed by atoms with E-state index >= 15 is 0 Å². The molecule has 2 unspecified atom stereocenters. The van der Waals surface area contributed by atoms with Crippen LogP contribution in [0, 0.1) is 5.92 Å². The van der Waals surface area contributed by atoms with Gasteiger partial charge >= 0.3 is 5.97 Å². The first-order chi connectivity index (χ1) is 7.09. The Labute approximate surface area is 89.2 Å². The van der Waals surface area contributed by atoms with Gasteiger partial charge in [-0.1, -0.05) is 6.92 Å². The smallest absolute Gasteiger partial charge is 0.303 e. The van der Waals surface area contributed by atoms with Crippen LogP contribution >= 0.6 is 0 Å². The zero-order valence-electron chi connectivity index (χ0n) is 8.95. The first kappa shape index (κ1) is 12.0. The Morgan fingerprint density at radius 1 is 1.60 bits per heavy atom. The van der Waals surface area contributed by atoms with Crippen molar-refractivity contribution in [2.45, 2.75) is 32.2 Å². The van der Waals surface area contributed by atoms with E-state index in [-0.39, 0.29) is 24.3 Å². The lowest BCUT2D eigenvalue weighted by atomic mass is 10.1. The molecule has 1 aliphatic heterocycles. The fourth-order valence-electron chi connectivity index (χ4n) is 1.68. The summed E-state index contributed by atoms with van der Waals surface area (Å²) in [6, 6.07) is -0.0815. The van der Waals surface area contributed by atoms with Crippen molar-refractivity contribution >= 4 is 11.9 Å². The molecular weight excluding hydrogens is 196 g/mol. The molecule has 86 valence electrons. The molecule has 15 heavy (non-hydrogen) atoms. The van der Waals surface area contributed by atoms with E-state index in [1.165, 1.54) is 0 Å². The number of nitrogens with one attached hydrogen (secondary N) is 2. The van der Waals surface area contributed by atoms with Crippen LogP contribution in [0.1, 0.15) is 26.2 Å². The lowest BCUT2D eigenvalue weighted by molar-refractivity contribution is -0.138. The summed E-state index contributed by atoms with van der Waals surface area (Å²) in [4.78, 5) is 21.9. The van der Waals surface area contributed by atoms with Crippen LogP contribution in [-0.2, 0) is 9.59 Å². The number of carbonyl (C=O) groups is 2. The third-order valence-electron chi connectivity index (χ3n) is 2.52. The molecule has 0 bridgehead atoms. The number of carboxylic acid groups (broad SMARTS) is 1. The van der Waals surface area contributed by atoms with Gasteiger partial charge in [0.25, 0.3) is 0 Å². The van der Waals surface area contributed by atoms with Gasteiger partial charge in [-0.25, -0.2) is 0 Å². The van der Waals surface area contributed by atoms with E-state index < -0.39 is 5.97 Å². The molecule has 1 heterocycles. The molecule has 1 aliphatic rings. The fraction of sp³-hybridized carbons (Fsp3) is 0.800. The van der Waals surface area contributed by atoms with Crippen molar-refractivity contribution < 1.29 is 14.7 Å². The summed E-state index contributed by atoms with van der Waals surface area (Å²) in [7, 11) is 0. The summed E-state index contributed by atoms with van der Waals surface area (Å²) in [6.07, 6.45) is 2.00. The van der Waals surface area contributed by atoms with Crippen molar-refractivity contribution in [1.82, 2.24) is 10.6 Å². The summed E-state index contributed by atoms with van der Waals surface area (Å²) >= 11 is 0. The summed E-state index contributed by atoms with van der Waals surface area (Å²) < 4.78 is 0. The van der Waals surface area contributed by atoms with E-state index in [1.54, 1.807) is 0 Å². The van der Waals surface area contributed by atoms with Gasteiger partial charge in [-0.3, -0.25) is 9.59 Å². The van der Waals surface area contributed by atoms with Gasteiger partial charge in [0.2, 0.25) is 5.91 Å². The van der Waals surface area contributed by atoms with Crippen LogP contribution in [0.25, 0.3) is 0 Å². The van der Waals surface area contributed by atoms with Crippen LogP contribution in [0.3, 0.4) is 0 Å². The molecule has 0 spiro atoms. The molecule has 0 aromatic rings. The van der Waals surface area contributed by atoms with E-state index in [1.807, 2.05) is 6.92 Å². The van der Waals surface area contributed by atoms with Crippen molar-refractivity contribution in [3.63, 3.8) is 0 Å². The molecule has 1 rings (SSSR count). The van der Waals surface area contributed by atoms with Crippen molar-refractivity contribution in [3.05, 3.63) is 0 Å². The largest absolute Gasteiger partial charge is 0.481 e. The van der Waals surface area contributed by atoms with Gasteiger partial charge in [-0.15, -0.1) is 0 Å². The Morgan fingerprint density at radius 2 is 2.33 bits per heavy atom. The average molecular weight is 214 g/mol. The fourth-order valence-corrected chi connectivity index (χ4v) is 1.68. The third-order valence-corrected chi connectivity index (χ3v) is 2.52. The third kappa shape index (κ3) is 4.29. The number of aliphatic carboxylic acids is 1. The Hall–Kier alpha value is -1.10. The summed E-state index contributed by atoms with van der Waals surface area (Å²) in [6.45, 7) is 3.14. The van der Waals surface area contributed by atoms with Crippen LogP contribution in [-0.4, -0.2) is 36.1 Å². The maximum atomic E-state index is 11.5. The quantitative estimate of drug-likeness (QED) is 0.600. The lowest BCUT2D eigenvalue weighted by Gasteiger charge is -2.13. The SMILES string of the molecule is CC(CNC(=O)C1CCCN1)CC(=O)O. The molecule has 0 aromatic carbocycles. The highest BCUT2D eigenvalue weighted by Gasteiger charge is 2.22. The number of amides is 1. The molecular formula is C10H18N2O3. The predicted molar refractivity (Wildman–Crippen MR) is 55.5 cm³/mol. The van der Waals surface area contributed by atoms with Gasteiger partial charge in [-0.2, -0.15) is 0 Å². The van der Waals surface area contributed by atoms with Crippen LogP contribution < -0.4 is 10.6 Å². The molecule has 2 atom stereocenters. The highest BCUT2D eigenvalue weighted by atomic mass is 16.4. The number of rotatable bonds is 5. The van der Waals surface area contributed by atoms with E-state index in [0.29, 0.717) is 6.54 Å². The molecule has 3 N–H and O–H groups in total. The summed E-state index contributed by atoms with van der Waals surface area (Å²) in [5.74, 6) is -0.853. The second-order valence-corrected chi connectivity index (χ2v) is 4.10. The van der Waals surface area contributed by atoms with Crippen LogP contribution in [0.15, 0.2) is 0 Å². The summed E-state index contributed by atoms with van der Waals surface area (Å²) in [5, 5.41) is 14.4. The second-order valence-electron chi connectivity index (χ2n) is 4.10. The van der Waals surface area contributed by atoms with Gasteiger partial charge in [0.1, 0.15) is 0 Å². The molecule has 5 nitrogen and oxygen atoms in total. The van der Waals surface area contributed by atoms with E-state index in [4.69, 9.17) is 5.11 Å². The zero-order chi connectivity index (χ0) is 11.3. The normalized spacial score (nSPS) is 22.3. The van der Waals surface area contributed by atoms with Gasteiger partial charge in [0.05, 0.1) is 6.04 Å². The monoisotopic (exact) mass is 214 g/mol. The molecule has 0 aliphatic carbocycles. The first-order valence-corrected chi connectivity index (χ1v) is 5.32. The van der Waals surface area contributed by atoms with Crippen molar-refractivity contribution in [2.24, 2.45) is 5.92 Å². The highest BCUT2D eigenvalue weighted by Crippen LogP contribution is 2.05. The molecule has 0 aromatic heterocycles. The minimum Gasteiger partial charge on any atom is -0.481 e. The summed E-state index contributed by atoms with van der Waals surface area (Å²) in [5.41, 5.74) is 0.